The van der Waals surface area contributed by atoms with E-state index in [9.17, 15) is 0 Å². The number of aromatic nitrogens is 1. The van der Waals surface area contributed by atoms with Gasteiger partial charge in [-0.3, -0.25) is 4.90 Å². The second kappa shape index (κ2) is 4.37. The highest BCUT2D eigenvalue weighted by Crippen LogP contribution is 2.40. The van der Waals surface area contributed by atoms with Crippen LogP contribution >= 0.6 is 22.6 Å². The number of nitrogens with zero attached hydrogens (tertiary/aromatic N) is 3. The summed E-state index contributed by atoms with van der Waals surface area (Å²) >= 11 is 2.46. The van der Waals surface area contributed by atoms with Gasteiger partial charge >= 0.3 is 0 Å². The number of hydrogen-bond donors (Lipinski definition) is 1. The molecule has 92 valence electrons. The number of rotatable bonds is 3. The summed E-state index contributed by atoms with van der Waals surface area (Å²) in [7, 11) is 0. The summed E-state index contributed by atoms with van der Waals surface area (Å²) in [6.45, 7) is 4.02. The van der Waals surface area contributed by atoms with Gasteiger partial charge in [-0.2, -0.15) is 0 Å². The predicted molar refractivity (Wildman–Crippen MR) is 77.3 cm³/mol. The topological polar surface area (TPSA) is 45.4 Å². The van der Waals surface area contributed by atoms with Gasteiger partial charge in [0.05, 0.1) is 15.8 Å². The lowest BCUT2D eigenvalue weighted by Gasteiger charge is -2.62. The Morgan fingerprint density at radius 1 is 1.41 bits per heavy atom. The van der Waals surface area contributed by atoms with Crippen LogP contribution in [0.2, 0.25) is 0 Å². The Morgan fingerprint density at radius 3 is 2.82 bits per heavy atom. The van der Waals surface area contributed by atoms with Crippen molar-refractivity contribution < 1.29 is 0 Å². The Hall–Kier alpha value is -0.400. The first-order valence-corrected chi connectivity index (χ1v) is 7.52. The van der Waals surface area contributed by atoms with Crippen molar-refractivity contribution in [3.05, 3.63) is 23.9 Å². The molecule has 2 aliphatic heterocycles. The van der Waals surface area contributed by atoms with Gasteiger partial charge in [0.1, 0.15) is 5.82 Å². The van der Waals surface area contributed by atoms with Crippen LogP contribution in [0.15, 0.2) is 18.2 Å². The number of halogens is 1. The van der Waals surface area contributed by atoms with Crippen molar-refractivity contribution >= 4 is 28.4 Å². The SMILES string of the molecule is NCc1cccc(N2CC3(CCN3CI)C2)n1. The molecule has 0 aliphatic carbocycles. The number of anilines is 1. The van der Waals surface area contributed by atoms with E-state index in [2.05, 4.69) is 43.4 Å². The molecule has 2 aliphatic rings. The monoisotopic (exact) mass is 344 g/mol. The first-order valence-electron chi connectivity index (χ1n) is 5.99. The van der Waals surface area contributed by atoms with Gasteiger partial charge in [-0.25, -0.2) is 4.98 Å². The van der Waals surface area contributed by atoms with Gasteiger partial charge < -0.3 is 10.6 Å². The molecule has 2 saturated heterocycles. The van der Waals surface area contributed by atoms with E-state index in [0.29, 0.717) is 12.1 Å². The van der Waals surface area contributed by atoms with Gasteiger partial charge in [0.15, 0.2) is 0 Å². The molecular formula is C12H17IN4. The number of pyridine rings is 1. The molecule has 0 unspecified atom stereocenters. The van der Waals surface area contributed by atoms with Crippen molar-refractivity contribution in [3.8, 4) is 0 Å². The Balaban J connectivity index is 1.68. The summed E-state index contributed by atoms with van der Waals surface area (Å²) in [5.74, 6) is 1.08. The fourth-order valence-electron chi connectivity index (χ4n) is 2.71. The second-order valence-corrected chi connectivity index (χ2v) is 5.59. The Kier molecular flexibility index (Phi) is 3.00. The lowest BCUT2D eigenvalue weighted by atomic mass is 9.78. The van der Waals surface area contributed by atoms with Crippen LogP contribution in [0, 0.1) is 0 Å². The fourth-order valence-corrected chi connectivity index (χ4v) is 3.78. The molecule has 0 radical (unpaired) electrons. The summed E-state index contributed by atoms with van der Waals surface area (Å²) in [5.41, 5.74) is 7.06. The molecule has 17 heavy (non-hydrogen) atoms. The summed E-state index contributed by atoms with van der Waals surface area (Å²) in [5, 5.41) is 0. The smallest absolute Gasteiger partial charge is 0.128 e. The summed E-state index contributed by atoms with van der Waals surface area (Å²) in [6.07, 6.45) is 1.34. The lowest BCUT2D eigenvalue weighted by Crippen LogP contribution is -2.76. The molecule has 0 aromatic carbocycles. The van der Waals surface area contributed by atoms with Crippen LogP contribution < -0.4 is 10.6 Å². The van der Waals surface area contributed by atoms with E-state index in [0.717, 1.165) is 29.2 Å². The standard InChI is InChI=1S/C12H17IN4/c13-9-17-5-4-12(17)7-16(8-12)11-3-1-2-10(6-14)15-11/h1-3H,4-9,14H2. The molecule has 2 N–H and O–H groups in total. The quantitative estimate of drug-likeness (QED) is 0.509. The molecular weight excluding hydrogens is 327 g/mol. The highest BCUT2D eigenvalue weighted by Gasteiger charge is 2.53. The maximum absolute atomic E-state index is 5.62. The van der Waals surface area contributed by atoms with Gasteiger partial charge in [0.25, 0.3) is 0 Å². The van der Waals surface area contributed by atoms with Crippen molar-refractivity contribution in [1.82, 2.24) is 9.88 Å². The van der Waals surface area contributed by atoms with Crippen LogP contribution in [0.3, 0.4) is 0 Å². The van der Waals surface area contributed by atoms with E-state index in [1.54, 1.807) is 0 Å². The molecule has 1 aromatic rings. The molecule has 4 nitrogen and oxygen atoms in total. The van der Waals surface area contributed by atoms with E-state index < -0.39 is 0 Å². The highest BCUT2D eigenvalue weighted by atomic mass is 127. The van der Waals surface area contributed by atoms with Crippen LogP contribution in [0.5, 0.6) is 0 Å². The van der Waals surface area contributed by atoms with Gasteiger partial charge in [-0.05, 0) is 18.6 Å². The van der Waals surface area contributed by atoms with E-state index in [4.69, 9.17) is 5.73 Å². The fraction of sp³-hybridized carbons (Fsp3) is 0.583. The number of hydrogen-bond acceptors (Lipinski definition) is 4. The third-order valence-electron chi connectivity index (χ3n) is 3.96. The Morgan fingerprint density at radius 2 is 2.24 bits per heavy atom. The van der Waals surface area contributed by atoms with E-state index in [-0.39, 0.29) is 0 Å². The van der Waals surface area contributed by atoms with Crippen LogP contribution in [-0.2, 0) is 6.54 Å². The van der Waals surface area contributed by atoms with E-state index in [1.165, 1.54) is 13.0 Å². The molecule has 0 bridgehead atoms. The van der Waals surface area contributed by atoms with Gasteiger partial charge in [-0.1, -0.05) is 28.7 Å². The third-order valence-corrected chi connectivity index (χ3v) is 4.78. The zero-order valence-corrected chi connectivity index (χ0v) is 11.9. The largest absolute Gasteiger partial charge is 0.353 e. The molecule has 1 aromatic heterocycles. The zero-order valence-electron chi connectivity index (χ0n) is 9.77. The van der Waals surface area contributed by atoms with Crippen molar-refractivity contribution in [2.24, 2.45) is 5.73 Å². The third kappa shape index (κ3) is 1.84. The average molecular weight is 344 g/mol. The Bertz CT molecular complexity index is 415. The summed E-state index contributed by atoms with van der Waals surface area (Å²) < 4.78 is 1.14. The molecule has 0 atom stereocenters. The highest BCUT2D eigenvalue weighted by molar-refractivity contribution is 14.1. The molecule has 5 heteroatoms. The first kappa shape index (κ1) is 11.7. The number of alkyl halides is 1. The molecule has 2 fully saturated rings. The summed E-state index contributed by atoms with van der Waals surface area (Å²) in [6, 6.07) is 6.12. The first-order chi connectivity index (χ1) is 8.27. The maximum Gasteiger partial charge on any atom is 0.128 e. The van der Waals surface area contributed by atoms with Crippen molar-refractivity contribution in [2.75, 3.05) is 29.1 Å². The molecule has 0 saturated carbocycles. The normalized spacial score (nSPS) is 22.4. The van der Waals surface area contributed by atoms with Crippen LogP contribution in [0.1, 0.15) is 12.1 Å². The van der Waals surface area contributed by atoms with Gasteiger partial charge in [0.2, 0.25) is 0 Å². The second-order valence-electron chi connectivity index (χ2n) is 4.90. The Labute approximate surface area is 115 Å². The van der Waals surface area contributed by atoms with Crippen molar-refractivity contribution in [1.29, 1.82) is 0 Å². The van der Waals surface area contributed by atoms with Gasteiger partial charge in [0, 0.05) is 26.2 Å². The predicted octanol–water partition coefficient (Wildman–Crippen LogP) is 1.20. The number of nitrogens with two attached hydrogens (primary N) is 1. The van der Waals surface area contributed by atoms with Crippen LogP contribution in [0.4, 0.5) is 5.82 Å². The minimum absolute atomic E-state index is 0.460. The van der Waals surface area contributed by atoms with E-state index in [1.807, 2.05) is 12.1 Å². The molecule has 1 spiro atoms. The number of likely N-dealkylation sites (tertiary alicyclic amines) is 1. The molecule has 3 heterocycles. The zero-order chi connectivity index (χ0) is 11.9. The molecule has 0 amide bonds. The van der Waals surface area contributed by atoms with Gasteiger partial charge in [-0.15, -0.1) is 0 Å². The van der Waals surface area contributed by atoms with Crippen LogP contribution in [0.25, 0.3) is 0 Å². The average Bonchev–Trinajstić information content (AvgIpc) is 2.27. The minimum Gasteiger partial charge on any atom is -0.353 e. The van der Waals surface area contributed by atoms with E-state index >= 15 is 0 Å². The van der Waals surface area contributed by atoms with Crippen molar-refractivity contribution in [2.45, 2.75) is 18.5 Å². The minimum atomic E-state index is 0.460. The lowest BCUT2D eigenvalue weighted by molar-refractivity contribution is -0.0161. The van der Waals surface area contributed by atoms with Crippen LogP contribution in [-0.4, -0.2) is 39.6 Å². The maximum atomic E-state index is 5.62. The molecule has 3 rings (SSSR count). The van der Waals surface area contributed by atoms with Crippen molar-refractivity contribution in [3.63, 3.8) is 0 Å². The summed E-state index contributed by atoms with van der Waals surface area (Å²) in [4.78, 5) is 9.49.